The predicted molar refractivity (Wildman–Crippen MR) is 106 cm³/mol. The molecule has 0 radical (unpaired) electrons. The zero-order chi connectivity index (χ0) is 21.8. The number of rotatable bonds is 7. The summed E-state index contributed by atoms with van der Waals surface area (Å²) in [6.45, 7) is 1.75. The van der Waals surface area contributed by atoms with Crippen LogP contribution in [0.3, 0.4) is 0 Å². The second-order valence-electron chi connectivity index (χ2n) is 7.60. The molecular formula is C20H25N3O7. The molecule has 10 nitrogen and oxygen atoms in total. The summed E-state index contributed by atoms with van der Waals surface area (Å²) in [5.41, 5.74) is 0.0431. The van der Waals surface area contributed by atoms with Gasteiger partial charge in [0.1, 0.15) is 5.75 Å². The van der Waals surface area contributed by atoms with Crippen LogP contribution < -0.4 is 10.1 Å². The fraction of sp³-hybridized carbons (Fsp3) is 0.550. The van der Waals surface area contributed by atoms with Crippen LogP contribution in [0.15, 0.2) is 18.2 Å². The third-order valence-electron chi connectivity index (χ3n) is 5.57. The predicted octanol–water partition coefficient (Wildman–Crippen LogP) is 2.26. The highest BCUT2D eigenvalue weighted by atomic mass is 16.6. The Kier molecular flexibility index (Phi) is 6.53. The van der Waals surface area contributed by atoms with Crippen LogP contribution >= 0.6 is 0 Å². The van der Waals surface area contributed by atoms with Crippen LogP contribution in [0.4, 0.5) is 11.4 Å². The van der Waals surface area contributed by atoms with Gasteiger partial charge in [-0.2, -0.15) is 0 Å². The normalized spacial score (nSPS) is 20.1. The van der Waals surface area contributed by atoms with E-state index in [-0.39, 0.29) is 35.5 Å². The van der Waals surface area contributed by atoms with Crippen LogP contribution in [-0.2, 0) is 19.1 Å². The number of likely N-dealkylation sites (tertiary alicyclic amines) is 1. The van der Waals surface area contributed by atoms with Crippen molar-refractivity contribution in [3.8, 4) is 5.75 Å². The van der Waals surface area contributed by atoms with Crippen LogP contribution in [-0.4, -0.2) is 53.4 Å². The van der Waals surface area contributed by atoms with Gasteiger partial charge < -0.3 is 19.7 Å². The van der Waals surface area contributed by atoms with Gasteiger partial charge in [0.05, 0.1) is 29.7 Å². The molecule has 2 amide bonds. The number of nitro benzene ring substituents is 1. The van der Waals surface area contributed by atoms with E-state index in [1.165, 1.54) is 32.2 Å². The largest absolute Gasteiger partial charge is 0.494 e. The number of methoxy groups -OCH3 is 1. The summed E-state index contributed by atoms with van der Waals surface area (Å²) in [4.78, 5) is 49.2. The molecule has 0 aromatic heterocycles. The van der Waals surface area contributed by atoms with Gasteiger partial charge in [0.15, 0.2) is 6.10 Å². The van der Waals surface area contributed by atoms with E-state index < -0.39 is 28.8 Å². The van der Waals surface area contributed by atoms with Gasteiger partial charge in [-0.3, -0.25) is 24.5 Å². The second kappa shape index (κ2) is 9.10. The summed E-state index contributed by atoms with van der Waals surface area (Å²) in [6, 6.07) is 3.97. The van der Waals surface area contributed by atoms with E-state index in [1.54, 1.807) is 4.90 Å². The number of ether oxygens (including phenoxy) is 2. The zero-order valence-corrected chi connectivity index (χ0v) is 17.0. The molecule has 0 bridgehead atoms. The van der Waals surface area contributed by atoms with Gasteiger partial charge in [-0.05, 0) is 25.8 Å². The molecule has 0 unspecified atom stereocenters. The Labute approximate surface area is 173 Å². The number of nitro groups is 1. The number of benzene rings is 1. The summed E-state index contributed by atoms with van der Waals surface area (Å²) >= 11 is 0. The number of hydrogen-bond donors (Lipinski definition) is 1. The van der Waals surface area contributed by atoms with Crippen molar-refractivity contribution in [3.63, 3.8) is 0 Å². The Balaban J connectivity index is 1.57. The van der Waals surface area contributed by atoms with Crippen molar-refractivity contribution in [1.82, 2.24) is 4.90 Å². The van der Waals surface area contributed by atoms with Crippen molar-refractivity contribution in [2.75, 3.05) is 19.0 Å². The smallest absolute Gasteiger partial charge is 0.312 e. The second-order valence-corrected chi connectivity index (χ2v) is 7.60. The lowest BCUT2D eigenvalue weighted by Crippen LogP contribution is -2.36. The van der Waals surface area contributed by atoms with Crippen molar-refractivity contribution in [2.24, 2.45) is 5.92 Å². The number of nitrogens with zero attached hydrogens (tertiary/aromatic N) is 2. The lowest BCUT2D eigenvalue weighted by molar-refractivity contribution is -0.384. The number of non-ortho nitro benzene ring substituents is 1. The van der Waals surface area contributed by atoms with Crippen LogP contribution in [0.5, 0.6) is 5.75 Å². The van der Waals surface area contributed by atoms with E-state index in [0.29, 0.717) is 6.54 Å². The van der Waals surface area contributed by atoms with Gasteiger partial charge in [0, 0.05) is 25.1 Å². The molecule has 1 aliphatic heterocycles. The first-order chi connectivity index (χ1) is 14.3. The lowest BCUT2D eigenvalue weighted by atomic mass is 10.1. The average Bonchev–Trinajstić information content (AvgIpc) is 3.37. The molecule has 2 aliphatic rings. The number of carbonyl (C=O) groups excluding carboxylic acids is 3. The van der Waals surface area contributed by atoms with Crippen LogP contribution in [0.1, 0.15) is 39.0 Å². The highest BCUT2D eigenvalue weighted by Crippen LogP contribution is 2.31. The van der Waals surface area contributed by atoms with Gasteiger partial charge in [-0.1, -0.05) is 12.8 Å². The fourth-order valence-corrected chi connectivity index (χ4v) is 3.91. The number of anilines is 1. The maximum atomic E-state index is 12.5. The van der Waals surface area contributed by atoms with Gasteiger partial charge in [-0.15, -0.1) is 0 Å². The van der Waals surface area contributed by atoms with Crippen LogP contribution in [0, 0.1) is 16.0 Å². The number of esters is 1. The van der Waals surface area contributed by atoms with Gasteiger partial charge >= 0.3 is 5.97 Å². The molecule has 30 heavy (non-hydrogen) atoms. The fourth-order valence-electron chi connectivity index (χ4n) is 3.91. The first kappa shape index (κ1) is 21.5. The highest BCUT2D eigenvalue weighted by Gasteiger charge is 2.40. The van der Waals surface area contributed by atoms with Gasteiger partial charge in [-0.25, -0.2) is 0 Å². The molecule has 1 aromatic rings. The molecule has 1 N–H and O–H groups in total. The minimum absolute atomic E-state index is 0.0448. The highest BCUT2D eigenvalue weighted by molar-refractivity contribution is 5.97. The molecule has 162 valence electrons. The Morgan fingerprint density at radius 1 is 1.30 bits per heavy atom. The van der Waals surface area contributed by atoms with E-state index in [9.17, 15) is 24.5 Å². The molecule has 1 saturated carbocycles. The molecular weight excluding hydrogens is 394 g/mol. The van der Waals surface area contributed by atoms with Gasteiger partial charge in [0.2, 0.25) is 5.91 Å². The van der Waals surface area contributed by atoms with E-state index in [1.807, 2.05) is 0 Å². The number of hydrogen-bond acceptors (Lipinski definition) is 7. The Morgan fingerprint density at radius 3 is 2.63 bits per heavy atom. The summed E-state index contributed by atoms with van der Waals surface area (Å²) in [5, 5.41) is 13.4. The first-order valence-electron chi connectivity index (χ1n) is 9.93. The van der Waals surface area contributed by atoms with Crippen LogP contribution in [0.2, 0.25) is 0 Å². The van der Waals surface area contributed by atoms with Crippen molar-refractivity contribution >= 4 is 29.2 Å². The van der Waals surface area contributed by atoms with E-state index in [4.69, 9.17) is 9.47 Å². The third kappa shape index (κ3) is 4.69. The van der Waals surface area contributed by atoms with Crippen molar-refractivity contribution in [1.29, 1.82) is 0 Å². The molecule has 1 aromatic carbocycles. The van der Waals surface area contributed by atoms with E-state index >= 15 is 0 Å². The first-order valence-corrected chi connectivity index (χ1v) is 9.93. The minimum atomic E-state index is -1.10. The summed E-state index contributed by atoms with van der Waals surface area (Å²) in [7, 11) is 1.32. The maximum Gasteiger partial charge on any atom is 0.312 e. The third-order valence-corrected chi connectivity index (χ3v) is 5.57. The van der Waals surface area contributed by atoms with Gasteiger partial charge in [0.25, 0.3) is 11.6 Å². The molecule has 1 aliphatic carbocycles. The molecule has 0 spiro atoms. The standard InChI is InChI=1S/C20H25N3O7/c1-12(19(25)21-16-8-7-15(23(27)28)10-17(16)29-2)30-20(26)13-9-18(24)22(11-13)14-5-3-4-6-14/h7-8,10,12-14H,3-6,9,11H2,1-2H3,(H,21,25)/t12-,13+/m1/s1. The lowest BCUT2D eigenvalue weighted by Gasteiger charge is -2.24. The van der Waals surface area contributed by atoms with Crippen molar-refractivity contribution in [3.05, 3.63) is 28.3 Å². The summed E-state index contributed by atoms with van der Waals surface area (Å²) in [5.74, 6) is -1.70. The van der Waals surface area contributed by atoms with E-state index in [0.717, 1.165) is 25.7 Å². The Morgan fingerprint density at radius 2 is 2.00 bits per heavy atom. The quantitative estimate of drug-likeness (QED) is 0.408. The van der Waals surface area contributed by atoms with Crippen LogP contribution in [0.25, 0.3) is 0 Å². The maximum absolute atomic E-state index is 12.5. The SMILES string of the molecule is COc1cc([N+](=O)[O-])ccc1NC(=O)[C@@H](C)OC(=O)[C@H]1CC(=O)N(C2CCCC2)C1. The zero-order valence-electron chi connectivity index (χ0n) is 17.0. The van der Waals surface area contributed by atoms with Crippen molar-refractivity contribution < 1.29 is 28.8 Å². The Bertz CT molecular complexity index is 851. The number of nitrogens with one attached hydrogen (secondary N) is 1. The summed E-state index contributed by atoms with van der Waals surface area (Å²) in [6.07, 6.45) is 3.10. The molecule has 1 heterocycles. The summed E-state index contributed by atoms with van der Waals surface area (Å²) < 4.78 is 10.4. The average molecular weight is 419 g/mol. The molecule has 1 saturated heterocycles. The molecule has 2 atom stereocenters. The molecule has 2 fully saturated rings. The monoisotopic (exact) mass is 419 g/mol. The number of carbonyl (C=O) groups is 3. The molecule has 10 heteroatoms. The molecule has 3 rings (SSSR count). The van der Waals surface area contributed by atoms with E-state index in [2.05, 4.69) is 5.32 Å². The van der Waals surface area contributed by atoms with Crippen molar-refractivity contribution in [2.45, 2.75) is 51.2 Å². The Hall–Kier alpha value is -3.17. The minimum Gasteiger partial charge on any atom is -0.494 e. The number of amides is 2. The topological polar surface area (TPSA) is 128 Å².